The zero-order chi connectivity index (χ0) is 21.0. The van der Waals surface area contributed by atoms with Crippen LogP contribution >= 0.6 is 0 Å². The number of amides is 1. The molecule has 1 heterocycles. The van der Waals surface area contributed by atoms with Gasteiger partial charge in [0.2, 0.25) is 0 Å². The molecule has 0 saturated carbocycles. The van der Waals surface area contributed by atoms with E-state index in [1.165, 1.54) is 0 Å². The largest absolute Gasteiger partial charge is 0.493 e. The number of anilines is 1. The molecule has 0 bridgehead atoms. The molecule has 3 aromatic rings. The third-order valence-corrected chi connectivity index (χ3v) is 4.93. The number of methoxy groups -OCH3 is 1. The third-order valence-electron chi connectivity index (χ3n) is 4.93. The highest BCUT2D eigenvalue weighted by Crippen LogP contribution is 2.27. The molecule has 2 aromatic carbocycles. The first-order valence-electron chi connectivity index (χ1n) is 9.56. The maximum Gasteiger partial charge on any atom is 0.323 e. The number of aromatic amines is 2. The number of aromatic nitrogens is 2. The lowest BCUT2D eigenvalue weighted by atomic mass is 10.1. The number of nitrogens with one attached hydrogen (secondary N) is 4. The van der Waals surface area contributed by atoms with E-state index in [0.29, 0.717) is 41.4 Å². The van der Waals surface area contributed by atoms with Gasteiger partial charge in [-0.25, -0.2) is 4.79 Å². The third kappa shape index (κ3) is 4.78. The lowest BCUT2D eigenvalue weighted by Crippen LogP contribution is -3.12. The minimum absolute atomic E-state index is 0.0994. The van der Waals surface area contributed by atoms with E-state index >= 15 is 0 Å². The van der Waals surface area contributed by atoms with Gasteiger partial charge in [-0.1, -0.05) is 0 Å². The van der Waals surface area contributed by atoms with E-state index in [2.05, 4.69) is 15.3 Å². The van der Waals surface area contributed by atoms with Crippen molar-refractivity contribution in [2.75, 3.05) is 26.1 Å². The van der Waals surface area contributed by atoms with Gasteiger partial charge in [-0.2, -0.15) is 0 Å². The van der Waals surface area contributed by atoms with Crippen LogP contribution in [0.3, 0.4) is 0 Å². The van der Waals surface area contributed by atoms with Crippen LogP contribution in [0.1, 0.15) is 19.4 Å². The van der Waals surface area contributed by atoms with Crippen molar-refractivity contribution in [1.82, 2.24) is 9.97 Å². The summed E-state index contributed by atoms with van der Waals surface area (Å²) in [5.74, 6) is 1.29. The second-order valence-corrected chi connectivity index (χ2v) is 6.99. The first kappa shape index (κ1) is 20.5. The van der Waals surface area contributed by atoms with Crippen LogP contribution < -0.4 is 25.4 Å². The normalized spacial score (nSPS) is 13.1. The molecule has 29 heavy (non-hydrogen) atoms. The minimum Gasteiger partial charge on any atom is -0.493 e. The zero-order valence-electron chi connectivity index (χ0n) is 17.1. The predicted octanol–water partition coefficient (Wildman–Crippen LogP) is 1.31. The van der Waals surface area contributed by atoms with Gasteiger partial charge in [0.1, 0.15) is 6.54 Å². The van der Waals surface area contributed by atoms with Crippen LogP contribution in [0.25, 0.3) is 11.0 Å². The molecule has 1 amide bonds. The van der Waals surface area contributed by atoms with Crippen molar-refractivity contribution in [3.63, 3.8) is 0 Å². The Balaban J connectivity index is 1.66. The number of carbonyl (C=O) groups is 1. The maximum absolute atomic E-state index is 12.7. The van der Waals surface area contributed by atoms with Crippen molar-refractivity contribution in [2.45, 2.75) is 26.4 Å². The molecule has 0 aliphatic heterocycles. The summed E-state index contributed by atoms with van der Waals surface area (Å²) < 4.78 is 11.0. The zero-order valence-corrected chi connectivity index (χ0v) is 17.1. The predicted molar refractivity (Wildman–Crippen MR) is 112 cm³/mol. The number of carbonyl (C=O) groups excluding carboxylic acids is 1. The van der Waals surface area contributed by atoms with Crippen LogP contribution in [0, 0.1) is 0 Å². The summed E-state index contributed by atoms with van der Waals surface area (Å²) in [6.45, 7) is 5.03. The Morgan fingerprint density at radius 3 is 2.62 bits per heavy atom. The topological polar surface area (TPSA) is 101 Å². The fraction of sp³-hybridized carbons (Fsp3) is 0.333. The Morgan fingerprint density at radius 2 is 1.90 bits per heavy atom. The number of hydrogen-bond acceptors (Lipinski definition) is 4. The first-order chi connectivity index (χ1) is 13.9. The van der Waals surface area contributed by atoms with Crippen molar-refractivity contribution >= 4 is 22.6 Å². The van der Waals surface area contributed by atoms with E-state index in [-0.39, 0.29) is 17.6 Å². The van der Waals surface area contributed by atoms with Crippen LogP contribution in [0.5, 0.6) is 11.5 Å². The smallest absolute Gasteiger partial charge is 0.323 e. The second-order valence-electron chi connectivity index (χ2n) is 6.99. The second kappa shape index (κ2) is 8.83. The molecule has 8 nitrogen and oxygen atoms in total. The van der Waals surface area contributed by atoms with E-state index < -0.39 is 0 Å². The number of imidazole rings is 1. The molecule has 0 fully saturated rings. The molecule has 1 aromatic heterocycles. The molecule has 154 valence electrons. The molecule has 0 saturated heterocycles. The van der Waals surface area contributed by atoms with Gasteiger partial charge < -0.3 is 29.7 Å². The van der Waals surface area contributed by atoms with E-state index in [9.17, 15) is 9.59 Å². The molecular weight excluding hydrogens is 372 g/mol. The molecule has 2 atom stereocenters. The van der Waals surface area contributed by atoms with Crippen LogP contribution in [0.2, 0.25) is 0 Å². The molecule has 4 N–H and O–H groups in total. The molecule has 0 aliphatic rings. The molecule has 3 rings (SSSR count). The fourth-order valence-corrected chi connectivity index (χ4v) is 3.16. The molecular formula is C21H27N4O4+. The minimum atomic E-state index is -0.284. The van der Waals surface area contributed by atoms with Crippen LogP contribution in [0.4, 0.5) is 5.69 Å². The Hall–Kier alpha value is -3.26. The molecule has 8 heteroatoms. The number of rotatable bonds is 8. The van der Waals surface area contributed by atoms with Gasteiger partial charge >= 0.3 is 5.69 Å². The summed E-state index contributed by atoms with van der Waals surface area (Å²) in [4.78, 5) is 30.5. The summed E-state index contributed by atoms with van der Waals surface area (Å²) in [7, 11) is 3.59. The monoisotopic (exact) mass is 399 g/mol. The van der Waals surface area contributed by atoms with E-state index in [1.807, 2.05) is 39.1 Å². The number of H-pyrrole nitrogens is 2. The van der Waals surface area contributed by atoms with Crippen molar-refractivity contribution in [2.24, 2.45) is 0 Å². The number of likely N-dealkylation sites (N-methyl/N-ethyl adjacent to an activating group) is 1. The van der Waals surface area contributed by atoms with Gasteiger partial charge in [-0.05, 0) is 50.2 Å². The van der Waals surface area contributed by atoms with Gasteiger partial charge in [0.05, 0.1) is 31.8 Å². The highest BCUT2D eigenvalue weighted by molar-refractivity contribution is 5.95. The van der Waals surface area contributed by atoms with Gasteiger partial charge in [-0.15, -0.1) is 0 Å². The first-order valence-corrected chi connectivity index (χ1v) is 9.56. The number of fused-ring (bicyclic) bond motifs is 1. The number of benzene rings is 2. The van der Waals surface area contributed by atoms with Crippen LogP contribution in [-0.4, -0.2) is 42.7 Å². The Labute approximate surface area is 168 Å². The quantitative estimate of drug-likeness (QED) is 0.459. The Kier molecular flexibility index (Phi) is 6.23. The van der Waals surface area contributed by atoms with Gasteiger partial charge in [-0.3, -0.25) is 4.79 Å². The van der Waals surface area contributed by atoms with Crippen LogP contribution in [-0.2, 0) is 11.3 Å². The number of quaternary nitrogens is 1. The highest BCUT2D eigenvalue weighted by atomic mass is 16.5. The van der Waals surface area contributed by atoms with E-state index in [0.717, 1.165) is 10.5 Å². The number of ether oxygens (including phenoxy) is 2. The number of hydrogen-bond donors (Lipinski definition) is 4. The summed E-state index contributed by atoms with van der Waals surface area (Å²) in [6.07, 6.45) is 0. The Bertz CT molecular complexity index is 1060. The van der Waals surface area contributed by atoms with Gasteiger partial charge in [0, 0.05) is 11.3 Å². The summed E-state index contributed by atoms with van der Waals surface area (Å²) >= 11 is 0. The van der Waals surface area contributed by atoms with Gasteiger partial charge in [0.25, 0.3) is 5.91 Å². The molecule has 0 radical (unpaired) electrons. The SMILES string of the molecule is CCOc1ccc(C[NH+](C)[C@@H](C)C(=O)Nc2ccc3[nH]c(=O)[nH]c3c2)cc1OC. The van der Waals surface area contributed by atoms with Crippen molar-refractivity contribution in [3.8, 4) is 11.5 Å². The van der Waals surface area contributed by atoms with Gasteiger partial charge in [0.15, 0.2) is 17.5 Å². The maximum atomic E-state index is 12.7. The summed E-state index contributed by atoms with van der Waals surface area (Å²) in [6, 6.07) is 10.8. The lowest BCUT2D eigenvalue weighted by Gasteiger charge is -2.21. The summed E-state index contributed by atoms with van der Waals surface area (Å²) in [5, 5.41) is 2.92. The molecule has 1 unspecified atom stereocenters. The average molecular weight is 399 g/mol. The van der Waals surface area contributed by atoms with E-state index in [1.54, 1.807) is 25.3 Å². The Morgan fingerprint density at radius 1 is 1.14 bits per heavy atom. The van der Waals surface area contributed by atoms with Crippen LogP contribution in [0.15, 0.2) is 41.2 Å². The molecule has 0 spiro atoms. The standard InChI is InChI=1S/C21H26N4O4/c1-5-29-18-9-6-14(10-19(18)28-4)12-25(3)13(2)20(26)22-15-7-8-16-17(11-15)24-21(27)23-16/h6-11,13H,5,12H2,1-4H3,(H,22,26)(H2,23,24,27)/p+1/t13-/m0/s1. The summed E-state index contributed by atoms with van der Waals surface area (Å²) in [5.41, 5.74) is 2.77. The van der Waals surface area contributed by atoms with Crippen molar-refractivity contribution < 1.29 is 19.2 Å². The van der Waals surface area contributed by atoms with Crippen molar-refractivity contribution in [3.05, 3.63) is 52.4 Å². The molecule has 0 aliphatic carbocycles. The fourth-order valence-electron chi connectivity index (χ4n) is 3.16. The highest BCUT2D eigenvalue weighted by Gasteiger charge is 2.22. The van der Waals surface area contributed by atoms with E-state index in [4.69, 9.17) is 9.47 Å². The average Bonchev–Trinajstić information content (AvgIpc) is 3.07. The lowest BCUT2D eigenvalue weighted by molar-refractivity contribution is -0.907. The van der Waals surface area contributed by atoms with Crippen molar-refractivity contribution in [1.29, 1.82) is 0 Å².